The standard InChI is InChI=1S/C10H11N3O4S/c1-13(3-2-10(14)15)18(16,17)9-4-8(5-11)6-12-7-9/h4,6-7H,2-3H2,1H3,(H,14,15). The van der Waals surface area contributed by atoms with E-state index in [2.05, 4.69) is 4.98 Å². The largest absolute Gasteiger partial charge is 0.481 e. The van der Waals surface area contributed by atoms with E-state index in [9.17, 15) is 13.2 Å². The van der Waals surface area contributed by atoms with Gasteiger partial charge >= 0.3 is 5.97 Å². The summed E-state index contributed by atoms with van der Waals surface area (Å²) in [5.41, 5.74) is 0.128. The lowest BCUT2D eigenvalue weighted by molar-refractivity contribution is -0.137. The van der Waals surface area contributed by atoms with Crippen molar-refractivity contribution in [2.45, 2.75) is 11.3 Å². The molecule has 1 aromatic rings. The number of aliphatic carboxylic acids is 1. The van der Waals surface area contributed by atoms with Gasteiger partial charge in [-0.25, -0.2) is 12.7 Å². The second kappa shape index (κ2) is 5.57. The first-order valence-electron chi connectivity index (χ1n) is 4.91. The summed E-state index contributed by atoms with van der Waals surface area (Å²) >= 11 is 0. The average molecular weight is 269 g/mol. The van der Waals surface area contributed by atoms with E-state index in [0.29, 0.717) is 0 Å². The first kappa shape index (κ1) is 14.1. The van der Waals surface area contributed by atoms with Gasteiger partial charge in [0.05, 0.1) is 12.0 Å². The Morgan fingerprint density at radius 1 is 1.56 bits per heavy atom. The van der Waals surface area contributed by atoms with Crippen LogP contribution in [0.1, 0.15) is 12.0 Å². The van der Waals surface area contributed by atoms with E-state index in [-0.39, 0.29) is 23.4 Å². The van der Waals surface area contributed by atoms with Crippen LogP contribution >= 0.6 is 0 Å². The fraction of sp³-hybridized carbons (Fsp3) is 0.300. The maximum Gasteiger partial charge on any atom is 0.304 e. The van der Waals surface area contributed by atoms with Crippen LogP contribution in [0.25, 0.3) is 0 Å². The summed E-state index contributed by atoms with van der Waals surface area (Å²) in [5, 5.41) is 17.2. The van der Waals surface area contributed by atoms with Crippen LogP contribution in [0, 0.1) is 11.3 Å². The van der Waals surface area contributed by atoms with E-state index in [4.69, 9.17) is 10.4 Å². The number of pyridine rings is 1. The van der Waals surface area contributed by atoms with Crippen LogP contribution < -0.4 is 0 Å². The molecule has 0 amide bonds. The van der Waals surface area contributed by atoms with Crippen molar-refractivity contribution in [2.75, 3.05) is 13.6 Å². The highest BCUT2D eigenvalue weighted by atomic mass is 32.2. The molecule has 8 heteroatoms. The molecule has 1 heterocycles. The van der Waals surface area contributed by atoms with Crippen molar-refractivity contribution < 1.29 is 18.3 Å². The van der Waals surface area contributed by atoms with E-state index >= 15 is 0 Å². The zero-order valence-electron chi connectivity index (χ0n) is 9.57. The Balaban J connectivity index is 2.98. The molecule has 96 valence electrons. The van der Waals surface area contributed by atoms with Gasteiger partial charge in [0.1, 0.15) is 11.0 Å². The van der Waals surface area contributed by atoms with Crippen LogP contribution in [0.5, 0.6) is 0 Å². The minimum Gasteiger partial charge on any atom is -0.481 e. The monoisotopic (exact) mass is 269 g/mol. The molecule has 1 N–H and O–H groups in total. The highest BCUT2D eigenvalue weighted by Crippen LogP contribution is 2.14. The van der Waals surface area contributed by atoms with Gasteiger partial charge in [-0.2, -0.15) is 5.26 Å². The molecule has 0 aliphatic heterocycles. The van der Waals surface area contributed by atoms with Crippen LogP contribution in [-0.4, -0.2) is 42.4 Å². The molecule has 0 unspecified atom stereocenters. The summed E-state index contributed by atoms with van der Waals surface area (Å²) in [6.45, 7) is -0.144. The predicted octanol–water partition coefficient (Wildman–Crippen LogP) is 0.0485. The van der Waals surface area contributed by atoms with Crippen molar-refractivity contribution >= 4 is 16.0 Å². The van der Waals surface area contributed by atoms with E-state index in [1.165, 1.54) is 19.3 Å². The van der Waals surface area contributed by atoms with Crippen molar-refractivity contribution in [2.24, 2.45) is 0 Å². The topological polar surface area (TPSA) is 111 Å². The van der Waals surface area contributed by atoms with Crippen molar-refractivity contribution in [3.63, 3.8) is 0 Å². The molecule has 0 aromatic carbocycles. The van der Waals surface area contributed by atoms with E-state index in [1.807, 2.05) is 0 Å². The molecular formula is C10H11N3O4S. The molecule has 0 aliphatic rings. The highest BCUT2D eigenvalue weighted by Gasteiger charge is 2.21. The Bertz CT molecular complexity index is 591. The molecule has 0 radical (unpaired) electrons. The molecule has 0 saturated carbocycles. The van der Waals surface area contributed by atoms with Crippen LogP contribution in [0.15, 0.2) is 23.4 Å². The number of carboxylic acids is 1. The second-order valence-corrected chi connectivity index (χ2v) is 5.54. The first-order valence-corrected chi connectivity index (χ1v) is 6.35. The number of hydrogen-bond donors (Lipinski definition) is 1. The third-order valence-corrected chi connectivity index (χ3v) is 4.01. The molecule has 0 saturated heterocycles. The molecule has 1 aromatic heterocycles. The number of hydrogen-bond acceptors (Lipinski definition) is 5. The van der Waals surface area contributed by atoms with Gasteiger partial charge in [0, 0.05) is 26.0 Å². The smallest absolute Gasteiger partial charge is 0.304 e. The lowest BCUT2D eigenvalue weighted by atomic mass is 10.3. The number of sulfonamides is 1. The minimum atomic E-state index is -3.81. The predicted molar refractivity (Wildman–Crippen MR) is 61.0 cm³/mol. The van der Waals surface area contributed by atoms with E-state index < -0.39 is 16.0 Å². The summed E-state index contributed by atoms with van der Waals surface area (Å²) in [5.74, 6) is -1.08. The number of nitriles is 1. The summed E-state index contributed by atoms with van der Waals surface area (Å²) in [6.07, 6.45) is 2.07. The maximum atomic E-state index is 12.0. The lowest BCUT2D eigenvalue weighted by Crippen LogP contribution is -2.29. The quantitative estimate of drug-likeness (QED) is 0.808. The van der Waals surface area contributed by atoms with Gasteiger partial charge in [-0.3, -0.25) is 9.78 Å². The highest BCUT2D eigenvalue weighted by molar-refractivity contribution is 7.89. The minimum absolute atomic E-state index is 0.128. The van der Waals surface area contributed by atoms with Crippen molar-refractivity contribution in [3.05, 3.63) is 24.0 Å². The van der Waals surface area contributed by atoms with E-state index in [1.54, 1.807) is 6.07 Å². The molecular weight excluding hydrogens is 258 g/mol. The second-order valence-electron chi connectivity index (χ2n) is 3.49. The molecule has 0 bridgehead atoms. The number of rotatable bonds is 5. The first-order chi connectivity index (χ1) is 8.37. The number of carboxylic acid groups (broad SMARTS) is 1. The summed E-state index contributed by atoms with van der Waals surface area (Å²) in [7, 11) is -2.54. The zero-order chi connectivity index (χ0) is 13.8. The van der Waals surface area contributed by atoms with Gasteiger partial charge in [0.25, 0.3) is 0 Å². The Hall–Kier alpha value is -1.98. The molecule has 1 rings (SSSR count). The third kappa shape index (κ3) is 3.26. The summed E-state index contributed by atoms with van der Waals surface area (Å²) in [6, 6.07) is 2.98. The summed E-state index contributed by atoms with van der Waals surface area (Å²) < 4.78 is 24.9. The molecule has 0 atom stereocenters. The maximum absolute atomic E-state index is 12.0. The van der Waals surface area contributed by atoms with Gasteiger partial charge in [-0.05, 0) is 6.07 Å². The molecule has 0 aliphatic carbocycles. The fourth-order valence-electron chi connectivity index (χ4n) is 1.17. The van der Waals surface area contributed by atoms with Crippen LogP contribution in [-0.2, 0) is 14.8 Å². The van der Waals surface area contributed by atoms with Gasteiger partial charge in [-0.1, -0.05) is 0 Å². The van der Waals surface area contributed by atoms with Crippen molar-refractivity contribution in [1.29, 1.82) is 5.26 Å². The van der Waals surface area contributed by atoms with Crippen molar-refractivity contribution in [1.82, 2.24) is 9.29 Å². The van der Waals surface area contributed by atoms with Crippen LogP contribution in [0.3, 0.4) is 0 Å². The van der Waals surface area contributed by atoms with Gasteiger partial charge in [0.15, 0.2) is 0 Å². The molecule has 18 heavy (non-hydrogen) atoms. The van der Waals surface area contributed by atoms with Crippen LogP contribution in [0.4, 0.5) is 0 Å². The van der Waals surface area contributed by atoms with Gasteiger partial charge < -0.3 is 5.11 Å². The Labute approximate surface area is 104 Å². The normalized spacial score (nSPS) is 11.2. The Kier molecular flexibility index (Phi) is 4.36. The zero-order valence-corrected chi connectivity index (χ0v) is 10.4. The third-order valence-electron chi connectivity index (χ3n) is 2.19. The molecule has 7 nitrogen and oxygen atoms in total. The molecule has 0 fully saturated rings. The van der Waals surface area contributed by atoms with Gasteiger partial charge in [0.2, 0.25) is 10.0 Å². The van der Waals surface area contributed by atoms with Crippen LogP contribution in [0.2, 0.25) is 0 Å². The Morgan fingerprint density at radius 3 is 2.78 bits per heavy atom. The van der Waals surface area contributed by atoms with Gasteiger partial charge in [-0.15, -0.1) is 0 Å². The van der Waals surface area contributed by atoms with E-state index in [0.717, 1.165) is 10.5 Å². The number of aromatic nitrogens is 1. The molecule has 0 spiro atoms. The number of carbonyl (C=O) groups is 1. The van der Waals surface area contributed by atoms with Crippen molar-refractivity contribution in [3.8, 4) is 6.07 Å². The lowest BCUT2D eigenvalue weighted by Gasteiger charge is -2.15. The number of nitrogens with zero attached hydrogens (tertiary/aromatic N) is 3. The average Bonchev–Trinajstić information content (AvgIpc) is 2.35. The summed E-state index contributed by atoms with van der Waals surface area (Å²) in [4.78, 5) is 13.9. The fourth-order valence-corrected chi connectivity index (χ4v) is 2.34. The SMILES string of the molecule is CN(CCC(=O)O)S(=O)(=O)c1cncc(C#N)c1. The Morgan fingerprint density at radius 2 is 2.22 bits per heavy atom.